The van der Waals surface area contributed by atoms with Gasteiger partial charge >= 0.3 is 17.9 Å². The number of benzene rings is 2. The van der Waals surface area contributed by atoms with Crippen LogP contribution in [0.2, 0.25) is 0 Å². The van der Waals surface area contributed by atoms with E-state index in [0.29, 0.717) is 23.8 Å². The molecule has 0 N–H and O–H groups in total. The fourth-order valence-corrected chi connectivity index (χ4v) is 6.44. The summed E-state index contributed by atoms with van der Waals surface area (Å²) in [6, 6.07) is 17.4. The number of thiazole rings is 1. The molecule has 0 bridgehead atoms. The van der Waals surface area contributed by atoms with Gasteiger partial charge in [-0.3, -0.25) is 0 Å². The maximum atomic E-state index is 11.9. The lowest BCUT2D eigenvalue weighted by atomic mass is 10.1. The average molecular weight is 717 g/mol. The van der Waals surface area contributed by atoms with Crippen LogP contribution in [0.15, 0.2) is 100 Å². The Bertz CT molecular complexity index is 1770. The topological polar surface area (TPSA) is 144 Å². The number of rotatable bonds is 20. The van der Waals surface area contributed by atoms with Gasteiger partial charge in [0.05, 0.1) is 29.3 Å². The van der Waals surface area contributed by atoms with E-state index in [0.717, 1.165) is 76.3 Å². The number of hydrogen-bond acceptors (Lipinski definition) is 14. The molecule has 0 spiro atoms. The highest BCUT2D eigenvalue weighted by molar-refractivity contribution is 7.30. The molecule has 50 heavy (non-hydrogen) atoms. The first-order valence-electron chi connectivity index (χ1n) is 16.2. The lowest BCUT2D eigenvalue weighted by molar-refractivity contribution is -0.163. The minimum absolute atomic E-state index is 0.155. The standard InChI is InChI=1S/C36H40N6O6S2/c1-5-32(43)46-22-11-9-8-10-21-42(7-3)29-18-16-28(17-19-29)39-41-36-37-34-30(49-36)24-31(50-34)40-38-27-14-12-26(13-15-27)20-23-47-35(45)25(4)48-33(44)6-2/h5-6,12-19,24-25H,1-2,7-11,20-23H2,3-4H3. The van der Waals surface area contributed by atoms with E-state index in [-0.39, 0.29) is 12.6 Å². The number of anilines is 1. The number of carbonyl (C=O) groups is 3. The Hall–Kier alpha value is -5.08. The van der Waals surface area contributed by atoms with E-state index in [2.05, 4.69) is 62.6 Å². The molecular formula is C36H40N6O6S2. The second-order valence-electron chi connectivity index (χ2n) is 10.9. The first kappa shape index (κ1) is 37.7. The summed E-state index contributed by atoms with van der Waals surface area (Å²) in [6.45, 7) is 12.7. The SMILES string of the molecule is C=CC(=O)OCCCCCCN(CC)c1ccc(N=Nc2nc3sc(N=Nc4ccc(CCOC(=O)C(C)OC(=O)C=C)cc4)cc3s2)cc1. The summed E-state index contributed by atoms with van der Waals surface area (Å²) in [5.74, 6) is -1.66. The highest BCUT2D eigenvalue weighted by Crippen LogP contribution is 2.39. The molecule has 14 heteroatoms. The Morgan fingerprint density at radius 1 is 0.840 bits per heavy atom. The van der Waals surface area contributed by atoms with Gasteiger partial charge in [0, 0.05) is 37.3 Å². The molecule has 0 aliphatic rings. The zero-order valence-corrected chi connectivity index (χ0v) is 29.8. The maximum absolute atomic E-state index is 11.9. The number of nitrogens with zero attached hydrogens (tertiary/aromatic N) is 6. The molecule has 2 aromatic carbocycles. The summed E-state index contributed by atoms with van der Waals surface area (Å²) in [7, 11) is 0. The third-order valence-corrected chi connectivity index (χ3v) is 9.20. The summed E-state index contributed by atoms with van der Waals surface area (Å²) in [5.41, 5.74) is 3.53. The highest BCUT2D eigenvalue weighted by atomic mass is 32.1. The fourth-order valence-electron chi connectivity index (χ4n) is 4.59. The first-order valence-corrected chi connectivity index (χ1v) is 17.9. The predicted octanol–water partition coefficient (Wildman–Crippen LogP) is 9.51. The van der Waals surface area contributed by atoms with E-state index >= 15 is 0 Å². The Morgan fingerprint density at radius 2 is 1.52 bits per heavy atom. The largest absolute Gasteiger partial charge is 0.463 e. The molecule has 262 valence electrons. The predicted molar refractivity (Wildman–Crippen MR) is 197 cm³/mol. The smallest absolute Gasteiger partial charge is 0.347 e. The minimum atomic E-state index is -0.994. The maximum Gasteiger partial charge on any atom is 0.347 e. The molecule has 1 atom stereocenters. The lowest BCUT2D eigenvalue weighted by Gasteiger charge is -2.23. The number of unbranched alkanes of at least 4 members (excludes halogenated alkanes) is 3. The number of hydrogen-bond donors (Lipinski definition) is 0. The van der Waals surface area contributed by atoms with Crippen molar-refractivity contribution in [3.8, 4) is 0 Å². The first-order chi connectivity index (χ1) is 24.3. The Morgan fingerprint density at radius 3 is 2.20 bits per heavy atom. The van der Waals surface area contributed by atoms with Crippen LogP contribution in [-0.4, -0.2) is 55.3 Å². The van der Waals surface area contributed by atoms with Crippen molar-refractivity contribution in [1.29, 1.82) is 0 Å². The van der Waals surface area contributed by atoms with Crippen molar-refractivity contribution < 1.29 is 28.6 Å². The zero-order valence-electron chi connectivity index (χ0n) is 28.2. The van der Waals surface area contributed by atoms with Crippen molar-refractivity contribution in [1.82, 2.24) is 4.98 Å². The summed E-state index contributed by atoms with van der Waals surface area (Å²) in [5, 5.41) is 18.7. The normalized spacial score (nSPS) is 11.9. The van der Waals surface area contributed by atoms with Crippen LogP contribution < -0.4 is 4.90 Å². The Kier molecular flexibility index (Phi) is 14.9. The third kappa shape index (κ3) is 12.1. The van der Waals surface area contributed by atoms with Gasteiger partial charge in [-0.25, -0.2) is 19.4 Å². The zero-order chi connectivity index (χ0) is 35.7. The monoisotopic (exact) mass is 716 g/mol. The van der Waals surface area contributed by atoms with Crippen molar-refractivity contribution in [2.45, 2.75) is 52.1 Å². The molecule has 0 saturated carbocycles. The average Bonchev–Trinajstić information content (AvgIpc) is 3.70. The van der Waals surface area contributed by atoms with Crippen molar-refractivity contribution in [2.75, 3.05) is 31.2 Å². The van der Waals surface area contributed by atoms with Crippen LogP contribution in [0, 0.1) is 0 Å². The summed E-state index contributed by atoms with van der Waals surface area (Å²) < 4.78 is 16.0. The van der Waals surface area contributed by atoms with Crippen molar-refractivity contribution >= 4 is 77.3 Å². The number of esters is 3. The second kappa shape index (κ2) is 19.8. The van der Waals surface area contributed by atoms with Crippen LogP contribution in [0.25, 0.3) is 9.53 Å². The Balaban J connectivity index is 1.21. The number of thiophene rings is 1. The van der Waals surface area contributed by atoms with Gasteiger partial charge in [-0.15, -0.1) is 20.5 Å². The molecule has 0 aliphatic carbocycles. The Labute approximate surface area is 299 Å². The number of ether oxygens (including phenoxy) is 3. The van der Waals surface area contributed by atoms with Gasteiger partial charge < -0.3 is 19.1 Å². The summed E-state index contributed by atoms with van der Waals surface area (Å²) in [6.07, 6.45) is 5.70. The highest BCUT2D eigenvalue weighted by Gasteiger charge is 2.17. The van der Waals surface area contributed by atoms with Gasteiger partial charge in [0.25, 0.3) is 0 Å². The van der Waals surface area contributed by atoms with E-state index in [1.54, 1.807) is 0 Å². The fraction of sp³-hybridized carbons (Fsp3) is 0.333. The minimum Gasteiger partial charge on any atom is -0.463 e. The van der Waals surface area contributed by atoms with Crippen molar-refractivity contribution in [3.63, 3.8) is 0 Å². The van der Waals surface area contributed by atoms with Crippen LogP contribution in [0.3, 0.4) is 0 Å². The van der Waals surface area contributed by atoms with E-state index in [4.69, 9.17) is 14.2 Å². The van der Waals surface area contributed by atoms with Gasteiger partial charge in [-0.1, -0.05) is 54.4 Å². The molecule has 4 aromatic rings. The molecule has 0 aliphatic heterocycles. The number of azo groups is 2. The van der Waals surface area contributed by atoms with E-state index in [1.165, 1.54) is 35.7 Å². The van der Waals surface area contributed by atoms with Crippen LogP contribution in [0.4, 0.5) is 27.2 Å². The number of aromatic nitrogens is 1. The van der Waals surface area contributed by atoms with Crippen molar-refractivity contribution in [3.05, 3.63) is 85.5 Å². The van der Waals surface area contributed by atoms with Crippen molar-refractivity contribution in [2.24, 2.45) is 20.5 Å². The second-order valence-corrected chi connectivity index (χ2v) is 12.9. The van der Waals surface area contributed by atoms with E-state index in [1.807, 2.05) is 42.5 Å². The number of carbonyl (C=O) groups excluding carboxylic acids is 3. The van der Waals surface area contributed by atoms with E-state index in [9.17, 15) is 14.4 Å². The van der Waals surface area contributed by atoms with Gasteiger partial charge in [0.2, 0.25) is 5.13 Å². The number of fused-ring (bicyclic) bond motifs is 1. The molecule has 0 saturated heterocycles. The van der Waals surface area contributed by atoms with Gasteiger partial charge in [-0.2, -0.15) is 0 Å². The molecule has 4 rings (SSSR count). The van der Waals surface area contributed by atoms with E-state index < -0.39 is 18.0 Å². The molecule has 0 fully saturated rings. The molecule has 1 unspecified atom stereocenters. The summed E-state index contributed by atoms with van der Waals surface area (Å²) >= 11 is 2.87. The summed E-state index contributed by atoms with van der Waals surface area (Å²) in [4.78, 5) is 42.0. The van der Waals surface area contributed by atoms with Gasteiger partial charge in [-0.05, 0) is 81.1 Å². The molecule has 12 nitrogen and oxygen atoms in total. The van der Waals surface area contributed by atoms with Crippen LogP contribution in [-0.2, 0) is 35.0 Å². The molecule has 2 heterocycles. The van der Waals surface area contributed by atoms with Crippen LogP contribution in [0.1, 0.15) is 45.1 Å². The van der Waals surface area contributed by atoms with Gasteiger partial charge in [0.15, 0.2) is 6.10 Å². The molecular weight excluding hydrogens is 677 g/mol. The quantitative estimate of drug-likeness (QED) is 0.0289. The van der Waals surface area contributed by atoms with Gasteiger partial charge in [0.1, 0.15) is 9.83 Å². The lowest BCUT2D eigenvalue weighted by Crippen LogP contribution is -2.26. The molecule has 0 amide bonds. The van der Waals surface area contributed by atoms with Crippen LogP contribution >= 0.6 is 22.7 Å². The van der Waals surface area contributed by atoms with Crippen LogP contribution in [0.5, 0.6) is 0 Å². The molecule has 0 radical (unpaired) electrons. The molecule has 2 aromatic heterocycles. The third-order valence-electron chi connectivity index (χ3n) is 7.27.